The summed E-state index contributed by atoms with van der Waals surface area (Å²) in [6.45, 7) is 10.4. The van der Waals surface area contributed by atoms with Crippen LogP contribution in [-0.2, 0) is 13.1 Å². The molecule has 0 saturated heterocycles. The third kappa shape index (κ3) is 5.72. The first-order valence-electron chi connectivity index (χ1n) is 17.0. The molecule has 0 aliphatic carbocycles. The number of hydrogen-bond acceptors (Lipinski definition) is 4. The molecule has 242 valence electrons. The summed E-state index contributed by atoms with van der Waals surface area (Å²) in [6.07, 6.45) is 7.79. The fourth-order valence-corrected chi connectivity index (χ4v) is 6.81. The van der Waals surface area contributed by atoms with Crippen LogP contribution in [0.15, 0.2) is 94.9 Å². The van der Waals surface area contributed by atoms with Gasteiger partial charge in [-0.15, -0.1) is 0 Å². The van der Waals surface area contributed by atoms with Crippen LogP contribution in [-0.4, -0.2) is 31.8 Å². The molecule has 0 bridgehead atoms. The van der Waals surface area contributed by atoms with Crippen molar-refractivity contribution < 1.29 is 10.2 Å². The van der Waals surface area contributed by atoms with E-state index in [-0.39, 0.29) is 11.5 Å². The molecule has 2 heterocycles. The van der Waals surface area contributed by atoms with Crippen molar-refractivity contribution in [2.75, 3.05) is 0 Å². The Morgan fingerprint density at radius 2 is 0.958 bits per heavy atom. The van der Waals surface area contributed by atoms with Crippen LogP contribution in [0.4, 0.5) is 11.4 Å². The van der Waals surface area contributed by atoms with Crippen molar-refractivity contribution >= 4 is 67.4 Å². The highest BCUT2D eigenvalue weighted by Gasteiger charge is 2.15. The van der Waals surface area contributed by atoms with Crippen LogP contribution in [0, 0.1) is 13.8 Å². The van der Waals surface area contributed by atoms with E-state index in [4.69, 9.17) is 9.98 Å². The second-order valence-electron chi connectivity index (χ2n) is 12.9. The summed E-state index contributed by atoms with van der Waals surface area (Å²) in [5, 5.41) is 26.6. The van der Waals surface area contributed by atoms with E-state index in [9.17, 15) is 10.2 Å². The highest BCUT2D eigenvalue weighted by Crippen LogP contribution is 2.37. The number of unbranched alkanes of at least 4 members (excludes halogenated alkanes) is 2. The molecule has 0 saturated carbocycles. The maximum absolute atomic E-state index is 11.1. The Kier molecular flexibility index (Phi) is 8.49. The molecule has 2 aromatic heterocycles. The largest absolute Gasteiger partial charge is 0.507 e. The lowest BCUT2D eigenvalue weighted by Gasteiger charge is -2.08. The quantitative estimate of drug-likeness (QED) is 0.147. The molecule has 0 unspecified atom stereocenters. The van der Waals surface area contributed by atoms with Crippen LogP contribution in [0.5, 0.6) is 11.5 Å². The molecule has 0 radical (unpaired) electrons. The normalized spacial score (nSPS) is 12.2. The molecule has 6 nitrogen and oxygen atoms in total. The summed E-state index contributed by atoms with van der Waals surface area (Å²) in [7, 11) is 0. The Morgan fingerprint density at radius 3 is 1.38 bits per heavy atom. The van der Waals surface area contributed by atoms with Gasteiger partial charge in [-0.2, -0.15) is 0 Å². The monoisotopic (exact) mass is 634 g/mol. The second kappa shape index (κ2) is 13.0. The van der Waals surface area contributed by atoms with Crippen molar-refractivity contribution in [3.8, 4) is 11.5 Å². The van der Waals surface area contributed by atoms with E-state index in [0.29, 0.717) is 22.5 Å². The van der Waals surface area contributed by atoms with Gasteiger partial charge in [0.15, 0.2) is 0 Å². The molecule has 0 aliphatic heterocycles. The zero-order valence-corrected chi connectivity index (χ0v) is 28.2. The number of aryl methyl sites for hydroxylation is 4. The van der Waals surface area contributed by atoms with Crippen molar-refractivity contribution in [2.45, 2.75) is 66.5 Å². The van der Waals surface area contributed by atoms with E-state index in [1.54, 1.807) is 12.4 Å². The van der Waals surface area contributed by atoms with E-state index in [1.165, 1.54) is 22.2 Å². The van der Waals surface area contributed by atoms with E-state index in [0.717, 1.165) is 71.4 Å². The lowest BCUT2D eigenvalue weighted by atomic mass is 10.1. The standard InChI is InChI=1S/C42H42N4O2/c1-5-7-17-45-37-15-13-27(3)19-31(37)33-23-41(47)29(21-39(33)45)25-43-35-11-9-10-12-36(35)44-26-30-22-40-34(24-42(30)48)32-20-28(4)14-16-38(32)46(40)18-8-6-2/h9-16,19-26,47-48H,5-8,17-18H2,1-4H3. The fraction of sp³-hybridized carbons (Fsp3) is 0.238. The molecule has 0 atom stereocenters. The minimum Gasteiger partial charge on any atom is -0.507 e. The van der Waals surface area contributed by atoms with Crippen molar-refractivity contribution in [2.24, 2.45) is 9.98 Å². The number of phenols is 2. The molecule has 0 amide bonds. The Labute approximate surface area is 281 Å². The molecule has 0 spiro atoms. The Morgan fingerprint density at radius 1 is 0.542 bits per heavy atom. The molecule has 0 aliphatic rings. The lowest BCUT2D eigenvalue weighted by molar-refractivity contribution is 0.474. The zero-order chi connectivity index (χ0) is 33.4. The van der Waals surface area contributed by atoms with Gasteiger partial charge in [0.1, 0.15) is 11.5 Å². The van der Waals surface area contributed by atoms with Crippen molar-refractivity contribution in [3.63, 3.8) is 0 Å². The molecule has 6 heteroatoms. The van der Waals surface area contributed by atoms with Gasteiger partial charge in [0.25, 0.3) is 0 Å². The van der Waals surface area contributed by atoms with Crippen molar-refractivity contribution in [1.82, 2.24) is 9.13 Å². The SMILES string of the molecule is CCCCn1c2ccc(C)cc2c2cc(O)c(C=Nc3ccccc3N=Cc3cc4c(cc3O)c3cc(C)ccc3n4CCCC)cc21. The van der Waals surface area contributed by atoms with E-state index in [1.807, 2.05) is 48.5 Å². The highest BCUT2D eigenvalue weighted by atomic mass is 16.3. The number of benzene rings is 5. The average molecular weight is 635 g/mol. The minimum atomic E-state index is 0.190. The number of phenolic OH excluding ortho intramolecular Hbond substituents is 2. The van der Waals surface area contributed by atoms with Crippen LogP contribution in [0.2, 0.25) is 0 Å². The topological polar surface area (TPSA) is 75.0 Å². The number of hydrogen-bond donors (Lipinski definition) is 2. The number of fused-ring (bicyclic) bond motifs is 6. The predicted molar refractivity (Wildman–Crippen MR) is 202 cm³/mol. The average Bonchev–Trinajstić information content (AvgIpc) is 3.54. The molecule has 0 fully saturated rings. The number of para-hydroxylation sites is 2. The Hall–Kier alpha value is -5.36. The van der Waals surface area contributed by atoms with Gasteiger partial charge in [-0.05, 0) is 87.4 Å². The van der Waals surface area contributed by atoms with Crippen molar-refractivity contribution in [1.29, 1.82) is 0 Å². The highest BCUT2D eigenvalue weighted by molar-refractivity contribution is 6.11. The molecule has 48 heavy (non-hydrogen) atoms. The molecule has 2 N–H and O–H groups in total. The van der Waals surface area contributed by atoms with Crippen LogP contribution in [0.1, 0.15) is 61.8 Å². The first-order chi connectivity index (χ1) is 23.4. The Balaban J connectivity index is 1.25. The first kappa shape index (κ1) is 31.3. The van der Waals surface area contributed by atoms with Crippen LogP contribution in [0.3, 0.4) is 0 Å². The second-order valence-corrected chi connectivity index (χ2v) is 12.9. The molecule has 7 aromatic rings. The number of aromatic hydroxyl groups is 2. The number of aromatic nitrogens is 2. The number of rotatable bonds is 10. The predicted octanol–water partition coefficient (Wildman–Crippen LogP) is 11.0. The molecular weight excluding hydrogens is 592 g/mol. The van der Waals surface area contributed by atoms with E-state index >= 15 is 0 Å². The van der Waals surface area contributed by atoms with Gasteiger partial charge >= 0.3 is 0 Å². The van der Waals surface area contributed by atoms with Gasteiger partial charge in [-0.25, -0.2) is 0 Å². The maximum Gasteiger partial charge on any atom is 0.125 e. The van der Waals surface area contributed by atoms with Gasteiger partial charge in [0.2, 0.25) is 0 Å². The van der Waals surface area contributed by atoms with Gasteiger partial charge in [-0.1, -0.05) is 62.1 Å². The van der Waals surface area contributed by atoms with Gasteiger partial charge in [-0.3, -0.25) is 9.98 Å². The van der Waals surface area contributed by atoms with Gasteiger partial charge in [0, 0.05) is 69.2 Å². The molecule has 5 aromatic carbocycles. The summed E-state index contributed by atoms with van der Waals surface area (Å²) in [5.74, 6) is 0.380. The van der Waals surface area contributed by atoms with E-state index in [2.05, 4.69) is 73.2 Å². The summed E-state index contributed by atoms with van der Waals surface area (Å²) in [4.78, 5) is 9.60. The number of nitrogens with zero attached hydrogens (tertiary/aromatic N) is 4. The van der Waals surface area contributed by atoms with E-state index < -0.39 is 0 Å². The van der Waals surface area contributed by atoms with Gasteiger partial charge in [0.05, 0.1) is 22.4 Å². The first-order valence-corrected chi connectivity index (χ1v) is 17.0. The summed E-state index contributed by atoms with van der Waals surface area (Å²) in [6, 6.07) is 28.5. The van der Waals surface area contributed by atoms with Crippen LogP contribution >= 0.6 is 0 Å². The summed E-state index contributed by atoms with van der Waals surface area (Å²) < 4.78 is 4.71. The van der Waals surface area contributed by atoms with Crippen molar-refractivity contribution in [3.05, 3.63) is 107 Å². The van der Waals surface area contributed by atoms with Crippen LogP contribution < -0.4 is 0 Å². The number of aliphatic imine (C=N–C) groups is 2. The maximum atomic E-state index is 11.1. The smallest absolute Gasteiger partial charge is 0.125 e. The fourth-order valence-electron chi connectivity index (χ4n) is 6.81. The third-order valence-electron chi connectivity index (χ3n) is 9.38. The Bertz CT molecular complexity index is 2210. The third-order valence-corrected chi connectivity index (χ3v) is 9.38. The summed E-state index contributed by atoms with van der Waals surface area (Å²) >= 11 is 0. The zero-order valence-electron chi connectivity index (χ0n) is 28.2. The van der Waals surface area contributed by atoms with Crippen LogP contribution in [0.25, 0.3) is 43.6 Å². The lowest BCUT2D eigenvalue weighted by Crippen LogP contribution is -1.97. The van der Waals surface area contributed by atoms with Gasteiger partial charge < -0.3 is 19.3 Å². The minimum absolute atomic E-state index is 0.190. The summed E-state index contributed by atoms with van der Waals surface area (Å²) in [5.41, 5.74) is 9.57. The molecule has 7 rings (SSSR count). The molecular formula is C42H42N4O2.